The number of hydrogen-bond acceptors (Lipinski definition) is 3. The average molecular weight is 284 g/mol. The van der Waals surface area contributed by atoms with Crippen LogP contribution in [0.2, 0.25) is 24.5 Å². The lowest BCUT2D eigenvalue weighted by Crippen LogP contribution is -2.41. The van der Waals surface area contributed by atoms with Gasteiger partial charge in [-0.25, -0.2) is 0 Å². The number of hydrogen-bond donors (Lipinski definition) is 0. The normalized spacial score (nSPS) is 32.7. The molecule has 0 aromatic rings. The molecule has 0 N–H and O–H groups in total. The zero-order chi connectivity index (χ0) is 14.5. The van der Waals surface area contributed by atoms with Crippen LogP contribution in [0.25, 0.3) is 0 Å². The quantitative estimate of drug-likeness (QED) is 0.718. The Morgan fingerprint density at radius 1 is 1.16 bits per heavy atom. The smallest absolute Gasteiger partial charge is 0.417 e. The molecule has 2 unspecified atom stereocenters. The van der Waals surface area contributed by atoms with Gasteiger partial charge in [0.15, 0.2) is 8.32 Å². The molecule has 0 bridgehead atoms. The Balaban J connectivity index is 1.94. The molecule has 0 spiro atoms. The highest BCUT2D eigenvalue weighted by atomic mass is 28.4. The van der Waals surface area contributed by atoms with Crippen molar-refractivity contribution in [1.82, 2.24) is 0 Å². The first-order valence-electron chi connectivity index (χ1n) is 7.60. The molecule has 2 fully saturated rings. The van der Waals surface area contributed by atoms with Gasteiger partial charge in [0.25, 0.3) is 0 Å². The van der Waals surface area contributed by atoms with Crippen LogP contribution in [0.5, 0.6) is 0 Å². The molecule has 0 amide bonds. The van der Waals surface area contributed by atoms with Crippen molar-refractivity contribution in [1.29, 1.82) is 0 Å². The predicted octanol–water partition coefficient (Wildman–Crippen LogP) is 3.85. The zero-order valence-electron chi connectivity index (χ0n) is 13.6. The summed E-state index contributed by atoms with van der Waals surface area (Å²) in [6, 6.07) is 0. The monoisotopic (exact) mass is 284 g/mol. The lowest BCUT2D eigenvalue weighted by molar-refractivity contribution is 0.00578. The third-order valence-electron chi connectivity index (χ3n) is 5.03. The molecule has 2 rings (SSSR count). The van der Waals surface area contributed by atoms with Crippen LogP contribution in [0.1, 0.15) is 47.5 Å². The molecule has 1 heterocycles. The summed E-state index contributed by atoms with van der Waals surface area (Å²) in [6.45, 7) is 16.2. The Labute approximate surface area is 119 Å². The second-order valence-electron chi connectivity index (χ2n) is 7.58. The fraction of sp³-hybridized carbons (Fsp3) is 1.00. The summed E-state index contributed by atoms with van der Waals surface area (Å²) in [4.78, 5) is 0. The molecular weight excluding hydrogens is 255 g/mol. The van der Waals surface area contributed by atoms with Crippen molar-refractivity contribution < 1.29 is 13.7 Å². The van der Waals surface area contributed by atoms with Gasteiger partial charge in [-0.3, -0.25) is 0 Å². The van der Waals surface area contributed by atoms with Crippen LogP contribution < -0.4 is 0 Å². The van der Waals surface area contributed by atoms with Gasteiger partial charge in [-0.1, -0.05) is 6.92 Å². The van der Waals surface area contributed by atoms with E-state index in [0.717, 1.165) is 13.0 Å². The van der Waals surface area contributed by atoms with Crippen LogP contribution in [-0.4, -0.2) is 33.2 Å². The minimum atomic E-state index is -1.57. The Morgan fingerprint density at radius 3 is 2.16 bits per heavy atom. The maximum Gasteiger partial charge on any atom is 0.461 e. The van der Waals surface area contributed by atoms with E-state index in [1.54, 1.807) is 0 Å². The van der Waals surface area contributed by atoms with E-state index in [9.17, 15) is 0 Å². The van der Waals surface area contributed by atoms with Gasteiger partial charge in [0, 0.05) is 6.61 Å². The third-order valence-corrected chi connectivity index (χ3v) is 8.43. The van der Waals surface area contributed by atoms with E-state index in [2.05, 4.69) is 47.7 Å². The largest absolute Gasteiger partial charge is 0.461 e. The third kappa shape index (κ3) is 2.94. The zero-order valence-corrected chi connectivity index (χ0v) is 14.6. The molecule has 19 heavy (non-hydrogen) atoms. The van der Waals surface area contributed by atoms with Gasteiger partial charge in [0.1, 0.15) is 0 Å². The highest BCUT2D eigenvalue weighted by Gasteiger charge is 2.63. The van der Waals surface area contributed by atoms with Crippen molar-refractivity contribution in [3.05, 3.63) is 0 Å². The molecule has 1 saturated carbocycles. The Hall–Kier alpha value is 0.162. The Morgan fingerprint density at radius 2 is 1.68 bits per heavy atom. The lowest BCUT2D eigenvalue weighted by Gasteiger charge is -2.32. The molecule has 110 valence electrons. The molecule has 1 aliphatic heterocycles. The van der Waals surface area contributed by atoms with Crippen LogP contribution in [0.4, 0.5) is 0 Å². The highest BCUT2D eigenvalue weighted by molar-refractivity contribution is 6.75. The van der Waals surface area contributed by atoms with Crippen LogP contribution in [0, 0.1) is 0 Å². The topological polar surface area (TPSA) is 27.7 Å². The summed E-state index contributed by atoms with van der Waals surface area (Å²) in [5.74, 6) is 0.541. The molecular formula is C14H29BO3Si. The van der Waals surface area contributed by atoms with Crippen molar-refractivity contribution in [2.45, 2.75) is 83.1 Å². The highest BCUT2D eigenvalue weighted by Crippen LogP contribution is 2.61. The maximum absolute atomic E-state index is 6.16. The van der Waals surface area contributed by atoms with E-state index in [4.69, 9.17) is 13.7 Å². The summed E-state index contributed by atoms with van der Waals surface area (Å²) in [6.07, 6.45) is 2.31. The van der Waals surface area contributed by atoms with Crippen molar-refractivity contribution >= 4 is 15.4 Å². The van der Waals surface area contributed by atoms with Crippen molar-refractivity contribution in [3.8, 4) is 0 Å². The predicted molar refractivity (Wildman–Crippen MR) is 81.9 cm³/mol. The maximum atomic E-state index is 6.16. The fourth-order valence-electron chi connectivity index (χ4n) is 2.85. The molecule has 0 aromatic heterocycles. The molecule has 0 aromatic carbocycles. The van der Waals surface area contributed by atoms with Crippen LogP contribution in [-0.2, 0) is 13.7 Å². The van der Waals surface area contributed by atoms with Crippen LogP contribution in [0.15, 0.2) is 0 Å². The van der Waals surface area contributed by atoms with Gasteiger partial charge in [-0.2, -0.15) is 0 Å². The van der Waals surface area contributed by atoms with Gasteiger partial charge < -0.3 is 13.7 Å². The first-order chi connectivity index (χ1) is 8.61. The molecule has 2 aliphatic rings. The van der Waals surface area contributed by atoms with Gasteiger partial charge in [0.2, 0.25) is 0 Å². The van der Waals surface area contributed by atoms with E-state index in [1.807, 2.05) is 0 Å². The van der Waals surface area contributed by atoms with E-state index >= 15 is 0 Å². The van der Waals surface area contributed by atoms with E-state index in [0.29, 0.717) is 11.4 Å². The SMILES string of the molecule is CCCO[Si](C)(C)C1CC1B1OC(C)(C)C(C)(C)O1. The molecule has 5 heteroatoms. The van der Waals surface area contributed by atoms with E-state index in [1.165, 1.54) is 6.42 Å². The first kappa shape index (κ1) is 15.5. The van der Waals surface area contributed by atoms with Crippen molar-refractivity contribution in [3.63, 3.8) is 0 Å². The fourth-order valence-corrected chi connectivity index (χ4v) is 5.82. The molecule has 1 saturated heterocycles. The summed E-state index contributed by atoms with van der Waals surface area (Å²) in [5, 5.41) is 0. The summed E-state index contributed by atoms with van der Waals surface area (Å²) < 4.78 is 18.4. The minimum absolute atomic E-state index is 0.0352. The van der Waals surface area contributed by atoms with Crippen LogP contribution >= 0.6 is 0 Å². The standard InChI is InChI=1S/C14H29BO3Si/c1-8-9-16-19(6,7)12-10-11(12)15-17-13(2,3)14(4,5)18-15/h11-12H,8-10H2,1-7H3. The Kier molecular flexibility index (Phi) is 3.98. The minimum Gasteiger partial charge on any atom is -0.417 e. The summed E-state index contributed by atoms with van der Waals surface area (Å²) in [5.41, 5.74) is 0.274. The second kappa shape index (κ2) is 4.86. The van der Waals surface area contributed by atoms with E-state index < -0.39 is 8.32 Å². The first-order valence-corrected chi connectivity index (χ1v) is 10.6. The average Bonchev–Trinajstić information content (AvgIpc) is 3.01. The van der Waals surface area contributed by atoms with Gasteiger partial charge in [0.05, 0.1) is 11.2 Å². The van der Waals surface area contributed by atoms with Gasteiger partial charge in [-0.15, -0.1) is 0 Å². The molecule has 1 aliphatic carbocycles. The van der Waals surface area contributed by atoms with Crippen LogP contribution in [0.3, 0.4) is 0 Å². The molecule has 2 atom stereocenters. The summed E-state index contributed by atoms with van der Waals surface area (Å²) in [7, 11) is -1.61. The van der Waals surface area contributed by atoms with Crippen molar-refractivity contribution in [2.75, 3.05) is 6.61 Å². The van der Waals surface area contributed by atoms with Gasteiger partial charge in [-0.05, 0) is 65.0 Å². The van der Waals surface area contributed by atoms with E-state index in [-0.39, 0.29) is 18.3 Å². The molecule has 0 radical (unpaired) electrons. The number of rotatable bonds is 5. The van der Waals surface area contributed by atoms with Crippen molar-refractivity contribution in [2.24, 2.45) is 0 Å². The molecule has 3 nitrogen and oxygen atoms in total. The Bertz CT molecular complexity index is 328. The lowest BCUT2D eigenvalue weighted by atomic mass is 9.82. The van der Waals surface area contributed by atoms with Gasteiger partial charge >= 0.3 is 7.12 Å². The second-order valence-corrected chi connectivity index (χ2v) is 11.8. The summed E-state index contributed by atoms with van der Waals surface area (Å²) >= 11 is 0.